The molecule has 0 aromatic heterocycles. The van der Waals surface area contributed by atoms with Gasteiger partial charge in [0.05, 0.1) is 0 Å². The van der Waals surface area contributed by atoms with E-state index in [1.165, 1.54) is 19.3 Å². The third-order valence-corrected chi connectivity index (χ3v) is 5.88. The van der Waals surface area contributed by atoms with Crippen molar-refractivity contribution in [3.8, 4) is 0 Å². The summed E-state index contributed by atoms with van der Waals surface area (Å²) in [6, 6.07) is 0. The Morgan fingerprint density at radius 1 is 1.12 bits per heavy atom. The monoisotopic (exact) mass is 242 g/mol. The van der Waals surface area contributed by atoms with Gasteiger partial charge in [0.15, 0.2) is 0 Å². The van der Waals surface area contributed by atoms with Crippen molar-refractivity contribution in [3.05, 3.63) is 0 Å². The first kappa shape index (κ1) is 14.5. The molecule has 1 aliphatic carbocycles. The van der Waals surface area contributed by atoms with E-state index in [4.69, 9.17) is 0 Å². The second-order valence-corrected chi connectivity index (χ2v) is 7.94. The van der Waals surface area contributed by atoms with Gasteiger partial charge >= 0.3 is 0 Å². The molecular weight excluding hydrogens is 211 g/mol. The van der Waals surface area contributed by atoms with Crippen LogP contribution >= 0.6 is 9.24 Å². The van der Waals surface area contributed by atoms with E-state index in [9.17, 15) is 0 Å². The molecule has 1 saturated carbocycles. The molecule has 0 spiro atoms. The molecule has 0 amide bonds. The first-order valence-corrected chi connectivity index (χ1v) is 7.68. The standard InChI is InChI=1S/C15H31P/c1-10(2)13(14(16)12-7-8-12)9-15(5,6)11(3)4/h10-14H,7-9,16H2,1-6H3. The van der Waals surface area contributed by atoms with Crippen LogP contribution in [0.3, 0.4) is 0 Å². The third-order valence-electron chi connectivity index (χ3n) is 4.84. The highest BCUT2D eigenvalue weighted by Crippen LogP contribution is 2.47. The fourth-order valence-electron chi connectivity index (χ4n) is 2.49. The van der Waals surface area contributed by atoms with E-state index in [0.29, 0.717) is 5.41 Å². The van der Waals surface area contributed by atoms with E-state index in [-0.39, 0.29) is 0 Å². The first-order valence-electron chi connectivity index (χ1n) is 7.01. The average Bonchev–Trinajstić information content (AvgIpc) is 2.95. The van der Waals surface area contributed by atoms with Crippen molar-refractivity contribution in [2.45, 2.75) is 66.5 Å². The predicted octanol–water partition coefficient (Wildman–Crippen LogP) is 4.98. The molecule has 0 heterocycles. The highest BCUT2D eigenvalue weighted by molar-refractivity contribution is 7.17. The predicted molar refractivity (Wildman–Crippen MR) is 77.8 cm³/mol. The molecule has 1 heteroatoms. The maximum Gasteiger partial charge on any atom is -0.0205 e. The number of rotatable bonds is 6. The smallest absolute Gasteiger partial charge is 0.0205 e. The van der Waals surface area contributed by atoms with Gasteiger partial charge in [0.25, 0.3) is 0 Å². The second-order valence-electron chi connectivity index (χ2n) is 7.17. The Labute approximate surface area is 105 Å². The summed E-state index contributed by atoms with van der Waals surface area (Å²) in [5, 5.41) is 0. The van der Waals surface area contributed by atoms with Crippen LogP contribution in [0.15, 0.2) is 0 Å². The minimum absolute atomic E-state index is 0.485. The summed E-state index contributed by atoms with van der Waals surface area (Å²) < 4.78 is 0. The first-order chi connectivity index (χ1) is 7.25. The van der Waals surface area contributed by atoms with E-state index in [2.05, 4.69) is 50.8 Å². The Morgan fingerprint density at radius 2 is 1.62 bits per heavy atom. The molecule has 0 saturated heterocycles. The minimum atomic E-state index is 0.485. The molecule has 1 rings (SSSR count). The van der Waals surface area contributed by atoms with Gasteiger partial charge in [-0.05, 0) is 54.0 Å². The molecule has 0 aromatic carbocycles. The van der Waals surface area contributed by atoms with Crippen LogP contribution in [0.1, 0.15) is 60.8 Å². The van der Waals surface area contributed by atoms with E-state index < -0.39 is 0 Å². The topological polar surface area (TPSA) is 0 Å². The molecular formula is C15H31P. The molecule has 0 nitrogen and oxygen atoms in total. The lowest BCUT2D eigenvalue weighted by Crippen LogP contribution is -2.31. The molecule has 3 unspecified atom stereocenters. The molecule has 0 aromatic rings. The van der Waals surface area contributed by atoms with Crippen molar-refractivity contribution < 1.29 is 0 Å². The maximum absolute atomic E-state index is 3.15. The van der Waals surface area contributed by atoms with Crippen molar-refractivity contribution in [2.24, 2.45) is 29.1 Å². The van der Waals surface area contributed by atoms with Crippen LogP contribution in [-0.4, -0.2) is 5.66 Å². The molecule has 0 N–H and O–H groups in total. The van der Waals surface area contributed by atoms with Gasteiger partial charge in [0.2, 0.25) is 0 Å². The van der Waals surface area contributed by atoms with Gasteiger partial charge in [-0.3, -0.25) is 0 Å². The van der Waals surface area contributed by atoms with Crippen molar-refractivity contribution in [2.75, 3.05) is 0 Å². The van der Waals surface area contributed by atoms with E-state index in [1.807, 2.05) is 0 Å². The Morgan fingerprint density at radius 3 is 1.94 bits per heavy atom. The van der Waals surface area contributed by atoms with Gasteiger partial charge in [-0.2, -0.15) is 0 Å². The molecule has 1 aliphatic rings. The summed E-state index contributed by atoms with van der Waals surface area (Å²) in [4.78, 5) is 0. The Hall–Kier alpha value is 0.430. The minimum Gasteiger partial charge on any atom is -0.134 e. The molecule has 0 bridgehead atoms. The lowest BCUT2D eigenvalue weighted by Gasteiger charge is -2.38. The van der Waals surface area contributed by atoms with Gasteiger partial charge in [-0.1, -0.05) is 41.5 Å². The fraction of sp³-hybridized carbons (Fsp3) is 1.00. The summed E-state index contributed by atoms with van der Waals surface area (Å²) in [7, 11) is 3.15. The van der Waals surface area contributed by atoms with Crippen LogP contribution in [0.5, 0.6) is 0 Å². The molecule has 1 fully saturated rings. The van der Waals surface area contributed by atoms with Crippen LogP contribution in [0, 0.1) is 29.1 Å². The molecule has 0 aliphatic heterocycles. The maximum atomic E-state index is 3.15. The number of hydrogen-bond donors (Lipinski definition) is 0. The third kappa shape index (κ3) is 3.73. The van der Waals surface area contributed by atoms with Gasteiger partial charge in [-0.15, -0.1) is 9.24 Å². The zero-order chi connectivity index (χ0) is 12.5. The Balaban J connectivity index is 2.63. The number of hydrogen-bond acceptors (Lipinski definition) is 0. The van der Waals surface area contributed by atoms with Crippen molar-refractivity contribution in [3.63, 3.8) is 0 Å². The van der Waals surface area contributed by atoms with Crippen LogP contribution in [-0.2, 0) is 0 Å². The molecule has 0 radical (unpaired) electrons. The summed E-state index contributed by atoms with van der Waals surface area (Å²) >= 11 is 0. The van der Waals surface area contributed by atoms with Crippen LogP contribution in [0.4, 0.5) is 0 Å². The van der Waals surface area contributed by atoms with Crippen LogP contribution in [0.25, 0.3) is 0 Å². The lowest BCUT2D eigenvalue weighted by molar-refractivity contribution is 0.156. The zero-order valence-electron chi connectivity index (χ0n) is 12.1. The summed E-state index contributed by atoms with van der Waals surface area (Å²) in [5.74, 6) is 3.50. The van der Waals surface area contributed by atoms with E-state index in [1.54, 1.807) is 0 Å². The molecule has 3 atom stereocenters. The van der Waals surface area contributed by atoms with Gasteiger partial charge in [0, 0.05) is 0 Å². The van der Waals surface area contributed by atoms with E-state index >= 15 is 0 Å². The quantitative estimate of drug-likeness (QED) is 0.576. The van der Waals surface area contributed by atoms with E-state index in [0.717, 1.165) is 29.3 Å². The highest BCUT2D eigenvalue weighted by atomic mass is 31.0. The SMILES string of the molecule is CC(C)C(CC(C)(C)C(C)C)C(P)C1CC1. The van der Waals surface area contributed by atoms with Crippen molar-refractivity contribution in [1.29, 1.82) is 0 Å². The normalized spacial score (nSPS) is 21.6. The second kappa shape index (κ2) is 5.38. The summed E-state index contributed by atoms with van der Waals surface area (Å²) in [5.41, 5.74) is 1.34. The summed E-state index contributed by atoms with van der Waals surface area (Å²) in [6.45, 7) is 14.4. The zero-order valence-corrected chi connectivity index (χ0v) is 13.2. The van der Waals surface area contributed by atoms with Crippen molar-refractivity contribution in [1.82, 2.24) is 0 Å². The lowest BCUT2D eigenvalue weighted by atomic mass is 9.70. The average molecular weight is 242 g/mol. The highest BCUT2D eigenvalue weighted by Gasteiger charge is 2.38. The summed E-state index contributed by atoms with van der Waals surface area (Å²) in [6.07, 6.45) is 4.33. The largest absolute Gasteiger partial charge is 0.134 e. The van der Waals surface area contributed by atoms with Crippen molar-refractivity contribution >= 4 is 9.24 Å². The Kier molecular flexibility index (Phi) is 4.88. The fourth-order valence-corrected chi connectivity index (χ4v) is 3.46. The Bertz CT molecular complexity index is 213. The van der Waals surface area contributed by atoms with Crippen LogP contribution in [0.2, 0.25) is 0 Å². The molecule has 16 heavy (non-hydrogen) atoms. The van der Waals surface area contributed by atoms with Gasteiger partial charge < -0.3 is 0 Å². The molecule has 96 valence electrons. The van der Waals surface area contributed by atoms with Gasteiger partial charge in [0.1, 0.15) is 0 Å². The van der Waals surface area contributed by atoms with Crippen LogP contribution < -0.4 is 0 Å². The van der Waals surface area contributed by atoms with Gasteiger partial charge in [-0.25, -0.2) is 0 Å².